The molecule has 0 fully saturated rings. The predicted octanol–water partition coefficient (Wildman–Crippen LogP) is 2.74. The first kappa shape index (κ1) is 13.7. The number of rotatable bonds is 5. The minimum Gasteiger partial charge on any atom is -0.325 e. The number of nitrogens with one attached hydrogen (secondary N) is 2. The van der Waals surface area contributed by atoms with Crippen molar-refractivity contribution in [2.75, 3.05) is 11.9 Å². The molecule has 100 valence electrons. The van der Waals surface area contributed by atoms with E-state index in [2.05, 4.69) is 15.6 Å². The highest BCUT2D eigenvalue weighted by Gasteiger charge is 2.10. The zero-order valence-corrected chi connectivity index (χ0v) is 11.8. The number of nitrogens with zero attached hydrogens (tertiary/aromatic N) is 1. The normalized spacial score (nSPS) is 12.1. The first-order valence-electron chi connectivity index (χ1n) is 6.15. The first-order chi connectivity index (χ1) is 9.16. The highest BCUT2D eigenvalue weighted by Crippen LogP contribution is 2.15. The largest absolute Gasteiger partial charge is 0.325 e. The molecule has 19 heavy (non-hydrogen) atoms. The minimum absolute atomic E-state index is 0.0438. The Labute approximate surface area is 116 Å². The molecule has 0 saturated carbocycles. The summed E-state index contributed by atoms with van der Waals surface area (Å²) >= 11 is 1.58. The first-order valence-corrected chi connectivity index (χ1v) is 7.03. The summed E-state index contributed by atoms with van der Waals surface area (Å²) in [4.78, 5) is 16.1. The molecule has 1 aromatic heterocycles. The maximum absolute atomic E-state index is 11.8. The number of aromatic nitrogens is 1. The molecule has 0 spiro atoms. The van der Waals surface area contributed by atoms with Gasteiger partial charge in [-0.05, 0) is 25.5 Å². The molecular formula is C14H17N3OS. The van der Waals surface area contributed by atoms with Crippen LogP contribution in [0.1, 0.15) is 23.5 Å². The average Bonchev–Trinajstić information content (AvgIpc) is 2.93. The zero-order valence-electron chi connectivity index (χ0n) is 11.0. The van der Waals surface area contributed by atoms with Crippen molar-refractivity contribution in [2.24, 2.45) is 0 Å². The van der Waals surface area contributed by atoms with Crippen LogP contribution < -0.4 is 10.6 Å². The zero-order chi connectivity index (χ0) is 13.7. The molecule has 1 aromatic carbocycles. The highest BCUT2D eigenvalue weighted by molar-refractivity contribution is 7.09. The number of thiazole rings is 1. The van der Waals surface area contributed by atoms with Gasteiger partial charge < -0.3 is 5.32 Å². The van der Waals surface area contributed by atoms with E-state index < -0.39 is 0 Å². The Balaban J connectivity index is 1.84. The molecule has 5 heteroatoms. The van der Waals surface area contributed by atoms with Gasteiger partial charge in [-0.2, -0.15) is 0 Å². The van der Waals surface area contributed by atoms with Crippen molar-refractivity contribution in [3.63, 3.8) is 0 Å². The van der Waals surface area contributed by atoms with Crippen LogP contribution in [0.4, 0.5) is 5.69 Å². The summed E-state index contributed by atoms with van der Waals surface area (Å²) in [6, 6.07) is 7.82. The van der Waals surface area contributed by atoms with Crippen molar-refractivity contribution in [1.29, 1.82) is 0 Å². The standard InChI is InChI=1S/C14H17N3OS/c1-10-5-3-4-6-12(10)17-13(18)9-16-11(2)14-15-7-8-19-14/h3-8,11,16H,9H2,1-2H3,(H,17,18). The van der Waals surface area contributed by atoms with Crippen molar-refractivity contribution in [2.45, 2.75) is 19.9 Å². The Morgan fingerprint density at radius 1 is 1.42 bits per heavy atom. The van der Waals surface area contributed by atoms with E-state index in [0.29, 0.717) is 0 Å². The second-order valence-electron chi connectivity index (χ2n) is 4.34. The number of aryl methyl sites for hydroxylation is 1. The van der Waals surface area contributed by atoms with Gasteiger partial charge in [0, 0.05) is 17.3 Å². The molecule has 1 amide bonds. The van der Waals surface area contributed by atoms with Crippen LogP contribution in [0.15, 0.2) is 35.8 Å². The average molecular weight is 275 g/mol. The molecule has 0 radical (unpaired) electrons. The maximum Gasteiger partial charge on any atom is 0.238 e. The van der Waals surface area contributed by atoms with E-state index in [1.165, 1.54) is 0 Å². The van der Waals surface area contributed by atoms with Gasteiger partial charge in [0.1, 0.15) is 5.01 Å². The topological polar surface area (TPSA) is 54.0 Å². The number of benzene rings is 1. The van der Waals surface area contributed by atoms with Crippen molar-refractivity contribution in [1.82, 2.24) is 10.3 Å². The molecule has 0 aliphatic carbocycles. The predicted molar refractivity (Wildman–Crippen MR) is 78.3 cm³/mol. The third-order valence-electron chi connectivity index (χ3n) is 2.81. The summed E-state index contributed by atoms with van der Waals surface area (Å²) in [6.45, 7) is 4.25. The van der Waals surface area contributed by atoms with Gasteiger partial charge in [0.2, 0.25) is 5.91 Å². The van der Waals surface area contributed by atoms with Gasteiger partial charge in [-0.25, -0.2) is 4.98 Å². The van der Waals surface area contributed by atoms with Crippen LogP contribution >= 0.6 is 11.3 Å². The second-order valence-corrected chi connectivity index (χ2v) is 5.26. The summed E-state index contributed by atoms with van der Waals surface area (Å²) in [5, 5.41) is 8.97. The Bertz CT molecular complexity index is 539. The van der Waals surface area contributed by atoms with Crippen LogP contribution in [0.5, 0.6) is 0 Å². The van der Waals surface area contributed by atoms with E-state index in [1.54, 1.807) is 17.5 Å². The molecule has 4 nitrogen and oxygen atoms in total. The Morgan fingerprint density at radius 2 is 2.21 bits per heavy atom. The second kappa shape index (κ2) is 6.45. The summed E-state index contributed by atoms with van der Waals surface area (Å²) in [5.41, 5.74) is 1.92. The van der Waals surface area contributed by atoms with Crippen LogP contribution in [0.25, 0.3) is 0 Å². The van der Waals surface area contributed by atoms with Gasteiger partial charge in [0.15, 0.2) is 0 Å². The van der Waals surface area contributed by atoms with Crippen LogP contribution in [0.2, 0.25) is 0 Å². The van der Waals surface area contributed by atoms with E-state index in [-0.39, 0.29) is 18.5 Å². The van der Waals surface area contributed by atoms with E-state index in [4.69, 9.17) is 0 Å². The van der Waals surface area contributed by atoms with Gasteiger partial charge in [0.25, 0.3) is 0 Å². The van der Waals surface area contributed by atoms with E-state index >= 15 is 0 Å². The molecule has 0 saturated heterocycles. The maximum atomic E-state index is 11.8. The number of carbonyl (C=O) groups excluding carboxylic acids is 1. The number of hydrogen-bond acceptors (Lipinski definition) is 4. The van der Waals surface area contributed by atoms with Crippen molar-refractivity contribution in [3.05, 3.63) is 46.4 Å². The lowest BCUT2D eigenvalue weighted by molar-refractivity contribution is -0.115. The van der Waals surface area contributed by atoms with Crippen molar-refractivity contribution in [3.8, 4) is 0 Å². The fourth-order valence-corrected chi connectivity index (χ4v) is 2.36. The van der Waals surface area contributed by atoms with Crippen LogP contribution in [-0.4, -0.2) is 17.4 Å². The molecule has 1 atom stereocenters. The summed E-state index contributed by atoms with van der Waals surface area (Å²) in [6.07, 6.45) is 1.77. The summed E-state index contributed by atoms with van der Waals surface area (Å²) < 4.78 is 0. The third kappa shape index (κ3) is 3.87. The van der Waals surface area contributed by atoms with E-state index in [0.717, 1.165) is 16.3 Å². The highest BCUT2D eigenvalue weighted by atomic mass is 32.1. The monoisotopic (exact) mass is 275 g/mol. The molecule has 2 rings (SSSR count). The van der Waals surface area contributed by atoms with Crippen LogP contribution in [0.3, 0.4) is 0 Å². The molecule has 1 unspecified atom stereocenters. The van der Waals surface area contributed by atoms with Gasteiger partial charge in [-0.1, -0.05) is 18.2 Å². The van der Waals surface area contributed by atoms with Gasteiger partial charge in [-0.15, -0.1) is 11.3 Å². The van der Waals surface area contributed by atoms with Gasteiger partial charge >= 0.3 is 0 Å². The Hall–Kier alpha value is -1.72. The fourth-order valence-electron chi connectivity index (χ4n) is 1.69. The van der Waals surface area contributed by atoms with Crippen molar-refractivity contribution < 1.29 is 4.79 Å². The molecule has 2 aromatic rings. The molecule has 1 heterocycles. The SMILES string of the molecule is Cc1ccccc1NC(=O)CNC(C)c1nccs1. The summed E-state index contributed by atoms with van der Waals surface area (Å²) in [7, 11) is 0. The number of amides is 1. The summed E-state index contributed by atoms with van der Waals surface area (Å²) in [5.74, 6) is -0.0438. The molecular weight excluding hydrogens is 258 g/mol. The number of hydrogen-bond donors (Lipinski definition) is 2. The molecule has 0 aliphatic rings. The lowest BCUT2D eigenvalue weighted by atomic mass is 10.2. The smallest absolute Gasteiger partial charge is 0.238 e. The number of para-hydroxylation sites is 1. The van der Waals surface area contributed by atoms with Crippen LogP contribution in [-0.2, 0) is 4.79 Å². The van der Waals surface area contributed by atoms with Crippen LogP contribution in [0, 0.1) is 6.92 Å². The fraction of sp³-hybridized carbons (Fsp3) is 0.286. The quantitative estimate of drug-likeness (QED) is 0.882. The molecule has 0 bridgehead atoms. The molecule has 0 aliphatic heterocycles. The Morgan fingerprint density at radius 3 is 2.89 bits per heavy atom. The lowest BCUT2D eigenvalue weighted by Gasteiger charge is -2.12. The third-order valence-corrected chi connectivity index (χ3v) is 3.77. The van der Waals surface area contributed by atoms with E-state index in [9.17, 15) is 4.79 Å². The number of carbonyl (C=O) groups is 1. The molecule has 2 N–H and O–H groups in total. The number of anilines is 1. The van der Waals surface area contributed by atoms with E-state index in [1.807, 2.05) is 43.5 Å². The minimum atomic E-state index is -0.0438. The van der Waals surface area contributed by atoms with Crippen molar-refractivity contribution >= 4 is 22.9 Å². The van der Waals surface area contributed by atoms with Gasteiger partial charge in [-0.3, -0.25) is 10.1 Å². The lowest BCUT2D eigenvalue weighted by Crippen LogP contribution is -2.30. The van der Waals surface area contributed by atoms with Gasteiger partial charge in [0.05, 0.1) is 12.6 Å². The Kier molecular flexibility index (Phi) is 4.65.